The summed E-state index contributed by atoms with van der Waals surface area (Å²) in [6.07, 6.45) is 1.62. The fraction of sp³-hybridized carbons (Fsp3) is 0.409. The van der Waals surface area contributed by atoms with Crippen LogP contribution in [0.5, 0.6) is 5.75 Å². The molecular weight excluding hydrogens is 414 g/mol. The maximum atomic E-state index is 12.8. The molecule has 0 radical (unpaired) electrons. The number of hydrogen-bond donors (Lipinski definition) is 0. The third-order valence-electron chi connectivity index (χ3n) is 5.24. The Hall–Kier alpha value is -2.94. The standard InChI is InChI=1S/C22H27N5O3S/c1-3-27-21(19-10-7-15-30-19)23-24-22(27)31-16-20(28)26-13-11-25(12-14-26)17-8-5-6-9-18(17)29-4-2/h5-10,15H,3-4,11-14,16H2,1-2H3. The summed E-state index contributed by atoms with van der Waals surface area (Å²) in [6, 6.07) is 11.8. The molecule has 9 heteroatoms. The van der Waals surface area contributed by atoms with Gasteiger partial charge in [0.25, 0.3) is 0 Å². The van der Waals surface area contributed by atoms with Crippen LogP contribution in [0.2, 0.25) is 0 Å². The van der Waals surface area contributed by atoms with Crippen molar-refractivity contribution in [3.63, 3.8) is 0 Å². The molecule has 0 atom stereocenters. The molecule has 1 saturated heterocycles. The Balaban J connectivity index is 1.33. The van der Waals surface area contributed by atoms with Crippen molar-refractivity contribution in [2.24, 2.45) is 0 Å². The minimum absolute atomic E-state index is 0.118. The zero-order valence-electron chi connectivity index (χ0n) is 17.9. The predicted molar refractivity (Wildman–Crippen MR) is 121 cm³/mol. The van der Waals surface area contributed by atoms with Gasteiger partial charge in [-0.15, -0.1) is 10.2 Å². The van der Waals surface area contributed by atoms with Gasteiger partial charge in [0.2, 0.25) is 5.91 Å². The number of ether oxygens (including phenoxy) is 1. The average molecular weight is 442 g/mol. The van der Waals surface area contributed by atoms with E-state index in [1.807, 2.05) is 53.6 Å². The van der Waals surface area contributed by atoms with E-state index in [-0.39, 0.29) is 5.91 Å². The van der Waals surface area contributed by atoms with Gasteiger partial charge in [-0.3, -0.25) is 9.36 Å². The van der Waals surface area contributed by atoms with E-state index in [0.29, 0.717) is 43.6 Å². The topological polar surface area (TPSA) is 76.6 Å². The molecule has 8 nitrogen and oxygen atoms in total. The molecule has 0 unspecified atom stereocenters. The summed E-state index contributed by atoms with van der Waals surface area (Å²) >= 11 is 1.42. The molecule has 0 bridgehead atoms. The quantitative estimate of drug-likeness (QED) is 0.496. The normalized spacial score (nSPS) is 14.1. The Morgan fingerprint density at radius 1 is 1.10 bits per heavy atom. The number of thioether (sulfide) groups is 1. The summed E-state index contributed by atoms with van der Waals surface area (Å²) in [5.41, 5.74) is 1.09. The Bertz CT molecular complexity index is 997. The van der Waals surface area contributed by atoms with Crippen molar-refractivity contribution in [3.8, 4) is 17.3 Å². The molecule has 0 spiro atoms. The average Bonchev–Trinajstić information content (AvgIpc) is 3.47. The van der Waals surface area contributed by atoms with E-state index < -0.39 is 0 Å². The van der Waals surface area contributed by atoms with Crippen LogP contribution in [0, 0.1) is 0 Å². The lowest BCUT2D eigenvalue weighted by molar-refractivity contribution is -0.128. The molecule has 0 N–H and O–H groups in total. The van der Waals surface area contributed by atoms with Crippen LogP contribution >= 0.6 is 11.8 Å². The second kappa shape index (κ2) is 9.91. The molecule has 0 saturated carbocycles. The molecule has 0 aliphatic carbocycles. The number of furan rings is 1. The first kappa shape index (κ1) is 21.3. The van der Waals surface area contributed by atoms with Crippen LogP contribution in [0.3, 0.4) is 0 Å². The predicted octanol–water partition coefficient (Wildman–Crippen LogP) is 3.40. The smallest absolute Gasteiger partial charge is 0.233 e. The lowest BCUT2D eigenvalue weighted by atomic mass is 10.2. The van der Waals surface area contributed by atoms with Gasteiger partial charge in [0.15, 0.2) is 16.7 Å². The molecule has 164 valence electrons. The first-order valence-electron chi connectivity index (χ1n) is 10.6. The van der Waals surface area contributed by atoms with Gasteiger partial charge < -0.3 is 19.0 Å². The summed E-state index contributed by atoms with van der Waals surface area (Å²) in [5.74, 6) is 2.71. The highest BCUT2D eigenvalue weighted by atomic mass is 32.2. The molecule has 3 heterocycles. The van der Waals surface area contributed by atoms with Crippen molar-refractivity contribution in [1.29, 1.82) is 0 Å². The van der Waals surface area contributed by atoms with Crippen molar-refractivity contribution >= 4 is 23.4 Å². The Kier molecular flexibility index (Phi) is 6.81. The van der Waals surface area contributed by atoms with Crippen LogP contribution in [0.25, 0.3) is 11.6 Å². The van der Waals surface area contributed by atoms with Gasteiger partial charge in [0.1, 0.15) is 5.75 Å². The number of rotatable bonds is 8. The van der Waals surface area contributed by atoms with Crippen LogP contribution in [0.4, 0.5) is 5.69 Å². The summed E-state index contributed by atoms with van der Waals surface area (Å²) in [4.78, 5) is 17.0. The Morgan fingerprint density at radius 3 is 2.61 bits per heavy atom. The SMILES string of the molecule is CCOc1ccccc1N1CCN(C(=O)CSc2nnc(-c3ccco3)n2CC)CC1. The highest BCUT2D eigenvalue weighted by molar-refractivity contribution is 7.99. The fourth-order valence-corrected chi connectivity index (χ4v) is 4.58. The van der Waals surface area contributed by atoms with Crippen LogP contribution in [0.1, 0.15) is 13.8 Å². The minimum atomic E-state index is 0.118. The van der Waals surface area contributed by atoms with E-state index in [0.717, 1.165) is 29.7 Å². The van der Waals surface area contributed by atoms with Crippen LogP contribution in [0.15, 0.2) is 52.2 Å². The van der Waals surface area contributed by atoms with E-state index >= 15 is 0 Å². The first-order chi connectivity index (χ1) is 15.2. The molecule has 4 rings (SSSR count). The third kappa shape index (κ3) is 4.71. The number of para-hydroxylation sites is 2. The van der Waals surface area contributed by atoms with Gasteiger partial charge >= 0.3 is 0 Å². The molecule has 2 aromatic heterocycles. The van der Waals surface area contributed by atoms with Crippen molar-refractivity contribution in [1.82, 2.24) is 19.7 Å². The second-order valence-corrected chi connectivity index (χ2v) is 8.03. The molecular formula is C22H27N5O3S. The first-order valence-corrected chi connectivity index (χ1v) is 11.5. The summed E-state index contributed by atoms with van der Waals surface area (Å²) < 4.78 is 13.2. The highest BCUT2D eigenvalue weighted by Gasteiger charge is 2.24. The Morgan fingerprint density at radius 2 is 1.90 bits per heavy atom. The van der Waals surface area contributed by atoms with Crippen molar-refractivity contribution in [2.75, 3.05) is 43.4 Å². The molecule has 31 heavy (non-hydrogen) atoms. The van der Waals surface area contributed by atoms with Crippen LogP contribution in [-0.4, -0.2) is 64.1 Å². The molecule has 1 amide bonds. The monoisotopic (exact) mass is 441 g/mol. The number of carbonyl (C=O) groups is 1. The van der Waals surface area contributed by atoms with E-state index in [4.69, 9.17) is 9.15 Å². The molecule has 3 aromatic rings. The Labute approximate surface area is 186 Å². The van der Waals surface area contributed by atoms with Gasteiger partial charge in [-0.25, -0.2) is 0 Å². The van der Waals surface area contributed by atoms with E-state index in [9.17, 15) is 4.79 Å². The zero-order chi connectivity index (χ0) is 21.6. The van der Waals surface area contributed by atoms with Gasteiger partial charge in [0, 0.05) is 32.7 Å². The third-order valence-corrected chi connectivity index (χ3v) is 6.19. The van der Waals surface area contributed by atoms with Gasteiger partial charge in [-0.2, -0.15) is 0 Å². The number of piperazine rings is 1. The molecule has 1 aliphatic heterocycles. The number of nitrogens with zero attached hydrogens (tertiary/aromatic N) is 5. The molecule has 1 aliphatic rings. The van der Waals surface area contributed by atoms with Crippen LogP contribution in [-0.2, 0) is 11.3 Å². The number of hydrogen-bond acceptors (Lipinski definition) is 7. The fourth-order valence-electron chi connectivity index (χ4n) is 3.68. The highest BCUT2D eigenvalue weighted by Crippen LogP contribution is 2.29. The lowest BCUT2D eigenvalue weighted by Gasteiger charge is -2.36. The van der Waals surface area contributed by atoms with Crippen LogP contribution < -0.4 is 9.64 Å². The number of anilines is 1. The number of benzene rings is 1. The van der Waals surface area contributed by atoms with Gasteiger partial charge in [-0.1, -0.05) is 23.9 Å². The number of amides is 1. The lowest BCUT2D eigenvalue weighted by Crippen LogP contribution is -2.49. The van der Waals surface area contributed by atoms with Crippen molar-refractivity contribution in [2.45, 2.75) is 25.5 Å². The summed E-state index contributed by atoms with van der Waals surface area (Å²) in [5, 5.41) is 9.23. The summed E-state index contributed by atoms with van der Waals surface area (Å²) in [6.45, 7) is 8.32. The number of carbonyl (C=O) groups excluding carboxylic acids is 1. The van der Waals surface area contributed by atoms with Crippen molar-refractivity contribution in [3.05, 3.63) is 42.7 Å². The number of aromatic nitrogens is 3. The second-order valence-electron chi connectivity index (χ2n) is 7.08. The maximum Gasteiger partial charge on any atom is 0.233 e. The van der Waals surface area contributed by atoms with E-state index in [1.165, 1.54) is 11.8 Å². The molecule has 1 aromatic carbocycles. The van der Waals surface area contributed by atoms with Crippen molar-refractivity contribution < 1.29 is 13.9 Å². The minimum Gasteiger partial charge on any atom is -0.492 e. The molecule has 1 fully saturated rings. The van der Waals surface area contributed by atoms with Gasteiger partial charge in [-0.05, 0) is 38.1 Å². The largest absolute Gasteiger partial charge is 0.492 e. The van der Waals surface area contributed by atoms with E-state index in [2.05, 4.69) is 21.2 Å². The van der Waals surface area contributed by atoms with E-state index in [1.54, 1.807) is 6.26 Å². The zero-order valence-corrected chi connectivity index (χ0v) is 18.7. The van der Waals surface area contributed by atoms with Gasteiger partial charge in [0.05, 0.1) is 24.3 Å². The maximum absolute atomic E-state index is 12.8. The summed E-state index contributed by atoms with van der Waals surface area (Å²) in [7, 11) is 0.